The number of aromatic nitrogens is 5. The van der Waals surface area contributed by atoms with Gasteiger partial charge in [0.25, 0.3) is 5.91 Å². The molecule has 6 rings (SSSR count). The van der Waals surface area contributed by atoms with Gasteiger partial charge in [0.1, 0.15) is 0 Å². The number of rotatable bonds is 7. The third kappa shape index (κ3) is 5.20. The Morgan fingerprint density at radius 2 is 1.76 bits per heavy atom. The first-order chi connectivity index (χ1) is 18.6. The van der Waals surface area contributed by atoms with Crippen molar-refractivity contribution in [2.75, 3.05) is 45.1 Å². The van der Waals surface area contributed by atoms with Crippen molar-refractivity contribution in [1.82, 2.24) is 34.3 Å². The molecule has 0 radical (unpaired) electrons. The highest BCUT2D eigenvalue weighted by Gasteiger charge is 2.15. The average Bonchev–Trinajstić information content (AvgIpc) is 3.61. The molecule has 0 atom stereocenters. The number of H-pyrrole nitrogens is 1. The molecular weight excluding hydrogens is 476 g/mol. The Bertz CT molecular complexity index is 1530. The summed E-state index contributed by atoms with van der Waals surface area (Å²) in [4.78, 5) is 34.6. The standard InChI is InChI=1S/C29H30N8O/c1-35-16-18-36(19-17-35)15-11-21-5-8-23(9-6-21)32-28(38)22-7-10-24-25(20-22)34-27(33-24)26-4-2-14-37(26)29-30-12-3-13-31-29/h2-10,12-14,20H,11,15-19H2,1H3,(H,32,38)(H,33,34). The van der Waals surface area contributed by atoms with Gasteiger partial charge in [-0.1, -0.05) is 12.1 Å². The van der Waals surface area contributed by atoms with E-state index >= 15 is 0 Å². The van der Waals surface area contributed by atoms with Gasteiger partial charge in [0.15, 0.2) is 5.82 Å². The van der Waals surface area contributed by atoms with Gasteiger partial charge in [-0.25, -0.2) is 15.0 Å². The lowest BCUT2D eigenvalue weighted by molar-refractivity contribution is 0.102. The van der Waals surface area contributed by atoms with E-state index in [1.807, 2.05) is 47.2 Å². The zero-order valence-corrected chi connectivity index (χ0v) is 21.3. The molecule has 2 aromatic carbocycles. The third-order valence-electron chi connectivity index (χ3n) is 7.03. The van der Waals surface area contributed by atoms with Gasteiger partial charge in [0, 0.05) is 62.6 Å². The highest BCUT2D eigenvalue weighted by atomic mass is 16.1. The fraction of sp³-hybridized carbons (Fsp3) is 0.241. The summed E-state index contributed by atoms with van der Waals surface area (Å²) in [6.45, 7) is 5.58. The van der Waals surface area contributed by atoms with E-state index in [0.29, 0.717) is 17.3 Å². The number of likely N-dealkylation sites (N-methyl/N-ethyl adjacent to an activating group) is 1. The van der Waals surface area contributed by atoms with E-state index in [1.54, 1.807) is 24.5 Å². The second-order valence-corrected chi connectivity index (χ2v) is 9.68. The van der Waals surface area contributed by atoms with Gasteiger partial charge in [-0.05, 0) is 67.6 Å². The number of imidazole rings is 1. The van der Waals surface area contributed by atoms with E-state index in [0.717, 1.165) is 61.6 Å². The Kier molecular flexibility index (Phi) is 6.68. The Morgan fingerprint density at radius 3 is 2.55 bits per heavy atom. The van der Waals surface area contributed by atoms with Gasteiger partial charge >= 0.3 is 0 Å². The number of carbonyl (C=O) groups excluding carboxylic acids is 1. The first-order valence-electron chi connectivity index (χ1n) is 12.9. The average molecular weight is 507 g/mol. The van der Waals surface area contributed by atoms with Crippen LogP contribution >= 0.6 is 0 Å². The number of anilines is 1. The van der Waals surface area contributed by atoms with Crippen molar-refractivity contribution < 1.29 is 4.79 Å². The van der Waals surface area contributed by atoms with Gasteiger partial charge in [-0.3, -0.25) is 9.36 Å². The number of piperazine rings is 1. The molecule has 0 aliphatic carbocycles. The van der Waals surface area contributed by atoms with Crippen molar-refractivity contribution >= 4 is 22.6 Å². The summed E-state index contributed by atoms with van der Waals surface area (Å²) < 4.78 is 1.88. The topological polar surface area (TPSA) is 95.0 Å². The second-order valence-electron chi connectivity index (χ2n) is 9.68. The van der Waals surface area contributed by atoms with Crippen LogP contribution in [0.25, 0.3) is 28.5 Å². The van der Waals surface area contributed by atoms with Gasteiger partial charge in [0.2, 0.25) is 5.95 Å². The maximum Gasteiger partial charge on any atom is 0.255 e. The maximum atomic E-state index is 13.0. The summed E-state index contributed by atoms with van der Waals surface area (Å²) in [5, 5.41) is 3.02. The number of fused-ring (bicyclic) bond motifs is 1. The number of aromatic amines is 1. The molecule has 192 valence electrons. The lowest BCUT2D eigenvalue weighted by Crippen LogP contribution is -2.45. The highest BCUT2D eigenvalue weighted by Crippen LogP contribution is 2.24. The van der Waals surface area contributed by atoms with Crippen LogP contribution in [-0.2, 0) is 6.42 Å². The molecule has 5 aromatic rings. The predicted octanol–water partition coefficient (Wildman–Crippen LogP) is 3.85. The second kappa shape index (κ2) is 10.6. The lowest BCUT2D eigenvalue weighted by atomic mass is 10.1. The molecule has 0 spiro atoms. The molecule has 1 aliphatic rings. The van der Waals surface area contributed by atoms with E-state index in [9.17, 15) is 4.79 Å². The Morgan fingerprint density at radius 1 is 0.974 bits per heavy atom. The van der Waals surface area contributed by atoms with E-state index in [-0.39, 0.29) is 5.91 Å². The number of carbonyl (C=O) groups is 1. The van der Waals surface area contributed by atoms with Crippen molar-refractivity contribution in [3.63, 3.8) is 0 Å². The molecule has 0 bridgehead atoms. The minimum absolute atomic E-state index is 0.158. The van der Waals surface area contributed by atoms with E-state index in [4.69, 9.17) is 4.98 Å². The first kappa shape index (κ1) is 24.0. The number of hydrogen-bond donors (Lipinski definition) is 2. The van der Waals surface area contributed by atoms with Crippen molar-refractivity contribution in [2.45, 2.75) is 6.42 Å². The molecule has 1 saturated heterocycles. The van der Waals surface area contributed by atoms with Crippen LogP contribution in [0.4, 0.5) is 5.69 Å². The Labute approximate surface area is 221 Å². The molecular formula is C29H30N8O. The van der Waals surface area contributed by atoms with Crippen LogP contribution in [0.15, 0.2) is 79.3 Å². The number of hydrogen-bond acceptors (Lipinski definition) is 6. The molecule has 1 aliphatic heterocycles. The van der Waals surface area contributed by atoms with Crippen LogP contribution < -0.4 is 5.32 Å². The van der Waals surface area contributed by atoms with Crippen LogP contribution in [0, 0.1) is 0 Å². The zero-order chi connectivity index (χ0) is 25.9. The molecule has 4 heterocycles. The van der Waals surface area contributed by atoms with Gasteiger partial charge in [-0.15, -0.1) is 0 Å². The highest BCUT2D eigenvalue weighted by molar-refractivity contribution is 6.06. The zero-order valence-electron chi connectivity index (χ0n) is 21.3. The fourth-order valence-corrected chi connectivity index (χ4v) is 4.75. The minimum atomic E-state index is -0.158. The number of nitrogens with one attached hydrogen (secondary N) is 2. The maximum absolute atomic E-state index is 13.0. The number of amides is 1. The summed E-state index contributed by atoms with van der Waals surface area (Å²) in [6.07, 6.45) is 6.32. The van der Waals surface area contributed by atoms with Gasteiger partial charge in [0.05, 0.1) is 16.7 Å². The van der Waals surface area contributed by atoms with Crippen LogP contribution in [0.2, 0.25) is 0 Å². The predicted molar refractivity (Wildman–Crippen MR) is 148 cm³/mol. The summed E-state index contributed by atoms with van der Waals surface area (Å²) >= 11 is 0. The molecule has 9 nitrogen and oxygen atoms in total. The number of nitrogens with zero attached hydrogens (tertiary/aromatic N) is 6. The fourth-order valence-electron chi connectivity index (χ4n) is 4.75. The quantitative estimate of drug-likeness (QED) is 0.348. The van der Waals surface area contributed by atoms with Crippen molar-refractivity contribution in [2.24, 2.45) is 0 Å². The summed E-state index contributed by atoms with van der Waals surface area (Å²) in [6, 6.07) is 19.3. The summed E-state index contributed by atoms with van der Waals surface area (Å²) in [7, 11) is 2.18. The molecule has 1 amide bonds. The summed E-state index contributed by atoms with van der Waals surface area (Å²) in [5.41, 5.74) is 5.03. The van der Waals surface area contributed by atoms with Gasteiger partial charge < -0.3 is 20.1 Å². The van der Waals surface area contributed by atoms with Crippen molar-refractivity contribution in [3.05, 3.63) is 90.4 Å². The van der Waals surface area contributed by atoms with E-state index < -0.39 is 0 Å². The SMILES string of the molecule is CN1CCN(CCc2ccc(NC(=O)c3ccc4nc(-c5cccn5-c5ncccn5)[nH]c4c3)cc2)CC1. The van der Waals surface area contributed by atoms with Crippen molar-refractivity contribution in [3.8, 4) is 17.5 Å². The lowest BCUT2D eigenvalue weighted by Gasteiger charge is -2.32. The van der Waals surface area contributed by atoms with Crippen molar-refractivity contribution in [1.29, 1.82) is 0 Å². The van der Waals surface area contributed by atoms with Crippen LogP contribution in [-0.4, -0.2) is 80.0 Å². The molecule has 9 heteroatoms. The smallest absolute Gasteiger partial charge is 0.255 e. The minimum Gasteiger partial charge on any atom is -0.337 e. The Balaban J connectivity index is 1.12. The molecule has 0 unspecified atom stereocenters. The van der Waals surface area contributed by atoms with Crippen LogP contribution in [0.1, 0.15) is 15.9 Å². The van der Waals surface area contributed by atoms with Gasteiger partial charge in [-0.2, -0.15) is 0 Å². The molecule has 0 saturated carbocycles. The molecule has 1 fully saturated rings. The molecule has 38 heavy (non-hydrogen) atoms. The Hall–Kier alpha value is -4.34. The van der Waals surface area contributed by atoms with Crippen LogP contribution in [0.3, 0.4) is 0 Å². The van der Waals surface area contributed by atoms with Crippen LogP contribution in [0.5, 0.6) is 0 Å². The first-order valence-corrected chi connectivity index (χ1v) is 12.9. The van der Waals surface area contributed by atoms with E-state index in [2.05, 4.69) is 49.2 Å². The normalized spacial score (nSPS) is 14.7. The summed E-state index contributed by atoms with van der Waals surface area (Å²) in [5.74, 6) is 1.09. The molecule has 2 N–H and O–H groups in total. The van der Waals surface area contributed by atoms with E-state index in [1.165, 1.54) is 5.56 Å². The third-order valence-corrected chi connectivity index (χ3v) is 7.03. The largest absolute Gasteiger partial charge is 0.337 e. The molecule has 3 aromatic heterocycles. The monoisotopic (exact) mass is 506 g/mol. The number of benzene rings is 2.